The van der Waals surface area contributed by atoms with Crippen LogP contribution in [0, 0.1) is 0 Å². The molecular formula is C12H14N2O. The van der Waals surface area contributed by atoms with Crippen LogP contribution in [0.4, 0.5) is 0 Å². The van der Waals surface area contributed by atoms with Gasteiger partial charge in [-0.2, -0.15) is 0 Å². The molecule has 1 atom stereocenters. The molecule has 0 aliphatic rings. The lowest BCUT2D eigenvalue weighted by Gasteiger charge is -2.07. The molecule has 3 nitrogen and oxygen atoms in total. The summed E-state index contributed by atoms with van der Waals surface area (Å²) in [5.41, 5.74) is 7.44. The molecule has 3 N–H and O–H groups in total. The maximum Gasteiger partial charge on any atom is 0.0702 e. The fraction of sp³-hybridized carbons (Fsp3) is 0.250. The van der Waals surface area contributed by atoms with Gasteiger partial charge in [0.25, 0.3) is 0 Å². The topological polar surface area (TPSA) is 59.1 Å². The van der Waals surface area contributed by atoms with E-state index in [4.69, 9.17) is 5.73 Å². The molecule has 2 aromatic rings. The zero-order valence-electron chi connectivity index (χ0n) is 8.43. The summed E-state index contributed by atoms with van der Waals surface area (Å²) in [6.45, 7) is 0.297. The SMILES string of the molecule is NCC(O)Cc1ccc2ncccc2c1. The van der Waals surface area contributed by atoms with E-state index in [0.29, 0.717) is 13.0 Å². The highest BCUT2D eigenvalue weighted by atomic mass is 16.3. The first-order valence-electron chi connectivity index (χ1n) is 5.01. The van der Waals surface area contributed by atoms with Gasteiger partial charge in [0.15, 0.2) is 0 Å². The Balaban J connectivity index is 2.30. The number of fused-ring (bicyclic) bond motifs is 1. The summed E-state index contributed by atoms with van der Waals surface area (Å²) in [4.78, 5) is 4.23. The first-order valence-corrected chi connectivity index (χ1v) is 5.01. The maximum atomic E-state index is 9.44. The minimum Gasteiger partial charge on any atom is -0.391 e. The number of nitrogens with two attached hydrogens (primary N) is 1. The van der Waals surface area contributed by atoms with E-state index < -0.39 is 6.10 Å². The third kappa shape index (κ3) is 2.32. The molecule has 0 amide bonds. The van der Waals surface area contributed by atoms with Crippen molar-refractivity contribution in [3.05, 3.63) is 42.1 Å². The van der Waals surface area contributed by atoms with Crippen LogP contribution in [-0.4, -0.2) is 22.7 Å². The van der Waals surface area contributed by atoms with Gasteiger partial charge in [0, 0.05) is 18.1 Å². The van der Waals surface area contributed by atoms with E-state index >= 15 is 0 Å². The fourth-order valence-electron chi connectivity index (χ4n) is 1.61. The molecule has 0 fully saturated rings. The van der Waals surface area contributed by atoms with Crippen LogP contribution in [0.25, 0.3) is 10.9 Å². The molecule has 1 unspecified atom stereocenters. The predicted molar refractivity (Wildman–Crippen MR) is 60.5 cm³/mol. The Morgan fingerprint density at radius 2 is 2.20 bits per heavy atom. The first-order chi connectivity index (χ1) is 7.29. The Morgan fingerprint density at radius 3 is 3.00 bits per heavy atom. The molecule has 1 aromatic heterocycles. The lowest BCUT2D eigenvalue weighted by Crippen LogP contribution is -2.21. The highest BCUT2D eigenvalue weighted by molar-refractivity contribution is 5.78. The summed E-state index contributed by atoms with van der Waals surface area (Å²) in [7, 11) is 0. The molecule has 0 bridgehead atoms. The number of aliphatic hydroxyl groups is 1. The van der Waals surface area contributed by atoms with Crippen molar-refractivity contribution < 1.29 is 5.11 Å². The van der Waals surface area contributed by atoms with Gasteiger partial charge in [-0.15, -0.1) is 0 Å². The third-order valence-electron chi connectivity index (χ3n) is 2.41. The van der Waals surface area contributed by atoms with E-state index in [1.807, 2.05) is 30.3 Å². The number of hydrogen-bond donors (Lipinski definition) is 2. The number of pyridine rings is 1. The highest BCUT2D eigenvalue weighted by Gasteiger charge is 2.03. The Morgan fingerprint density at radius 1 is 1.33 bits per heavy atom. The Labute approximate surface area is 88.6 Å². The number of nitrogens with zero attached hydrogens (tertiary/aromatic N) is 1. The van der Waals surface area contributed by atoms with Gasteiger partial charge in [0.2, 0.25) is 0 Å². The Kier molecular flexibility index (Phi) is 2.94. The number of aliphatic hydroxyl groups excluding tert-OH is 1. The summed E-state index contributed by atoms with van der Waals surface area (Å²) in [6.07, 6.45) is 1.91. The second-order valence-corrected chi connectivity index (χ2v) is 3.62. The molecule has 15 heavy (non-hydrogen) atoms. The third-order valence-corrected chi connectivity index (χ3v) is 2.41. The summed E-state index contributed by atoms with van der Waals surface area (Å²) >= 11 is 0. The van der Waals surface area contributed by atoms with Gasteiger partial charge >= 0.3 is 0 Å². The number of benzene rings is 1. The molecule has 78 valence electrons. The minimum atomic E-state index is -0.459. The summed E-state index contributed by atoms with van der Waals surface area (Å²) in [5.74, 6) is 0. The quantitative estimate of drug-likeness (QED) is 0.783. The molecule has 1 aromatic carbocycles. The van der Waals surface area contributed by atoms with E-state index in [-0.39, 0.29) is 0 Å². The van der Waals surface area contributed by atoms with Gasteiger partial charge in [-0.25, -0.2) is 0 Å². The largest absolute Gasteiger partial charge is 0.391 e. The first kappa shape index (κ1) is 10.1. The van der Waals surface area contributed by atoms with Crippen LogP contribution in [0.3, 0.4) is 0 Å². The van der Waals surface area contributed by atoms with E-state index in [9.17, 15) is 5.11 Å². The summed E-state index contributed by atoms with van der Waals surface area (Å²) in [6, 6.07) is 9.91. The predicted octanol–water partition coefficient (Wildman–Crippen LogP) is 1.10. The minimum absolute atomic E-state index is 0.297. The highest BCUT2D eigenvalue weighted by Crippen LogP contribution is 2.14. The molecule has 0 aliphatic carbocycles. The lowest BCUT2D eigenvalue weighted by molar-refractivity contribution is 0.183. The number of rotatable bonds is 3. The van der Waals surface area contributed by atoms with Gasteiger partial charge in [-0.3, -0.25) is 4.98 Å². The monoisotopic (exact) mass is 202 g/mol. The zero-order valence-corrected chi connectivity index (χ0v) is 8.43. The average molecular weight is 202 g/mol. The van der Waals surface area contributed by atoms with Crippen molar-refractivity contribution in [3.63, 3.8) is 0 Å². The van der Waals surface area contributed by atoms with Crippen molar-refractivity contribution in [2.45, 2.75) is 12.5 Å². The van der Waals surface area contributed by atoms with Crippen molar-refractivity contribution in [2.75, 3.05) is 6.54 Å². The number of hydrogen-bond acceptors (Lipinski definition) is 3. The smallest absolute Gasteiger partial charge is 0.0702 e. The standard InChI is InChI=1S/C12H14N2O/c13-8-11(15)7-9-3-4-12-10(6-9)2-1-5-14-12/h1-6,11,15H,7-8,13H2. The van der Waals surface area contributed by atoms with Crippen LogP contribution < -0.4 is 5.73 Å². The fourth-order valence-corrected chi connectivity index (χ4v) is 1.61. The molecule has 2 rings (SSSR count). The molecule has 0 saturated carbocycles. The second-order valence-electron chi connectivity index (χ2n) is 3.62. The van der Waals surface area contributed by atoms with Gasteiger partial charge < -0.3 is 10.8 Å². The number of aromatic nitrogens is 1. The molecule has 0 spiro atoms. The Bertz CT molecular complexity index is 456. The maximum absolute atomic E-state index is 9.44. The van der Waals surface area contributed by atoms with E-state index in [1.165, 1.54) is 0 Å². The van der Waals surface area contributed by atoms with Crippen LogP contribution >= 0.6 is 0 Å². The molecule has 0 saturated heterocycles. The van der Waals surface area contributed by atoms with E-state index in [1.54, 1.807) is 6.20 Å². The van der Waals surface area contributed by atoms with Crippen molar-refractivity contribution in [1.82, 2.24) is 4.98 Å². The van der Waals surface area contributed by atoms with E-state index in [0.717, 1.165) is 16.5 Å². The van der Waals surface area contributed by atoms with Crippen molar-refractivity contribution in [2.24, 2.45) is 5.73 Å². The van der Waals surface area contributed by atoms with Gasteiger partial charge in [-0.05, 0) is 30.2 Å². The van der Waals surface area contributed by atoms with Gasteiger partial charge in [-0.1, -0.05) is 12.1 Å². The second kappa shape index (κ2) is 4.38. The van der Waals surface area contributed by atoms with Crippen molar-refractivity contribution in [1.29, 1.82) is 0 Å². The van der Waals surface area contributed by atoms with Crippen LogP contribution in [-0.2, 0) is 6.42 Å². The Hall–Kier alpha value is -1.45. The van der Waals surface area contributed by atoms with E-state index in [2.05, 4.69) is 4.98 Å². The van der Waals surface area contributed by atoms with Crippen LogP contribution in [0.15, 0.2) is 36.5 Å². The van der Waals surface area contributed by atoms with Crippen LogP contribution in [0.2, 0.25) is 0 Å². The average Bonchev–Trinajstić information content (AvgIpc) is 2.29. The summed E-state index contributed by atoms with van der Waals surface area (Å²) in [5, 5.41) is 10.5. The van der Waals surface area contributed by atoms with Crippen molar-refractivity contribution >= 4 is 10.9 Å². The normalized spacial score (nSPS) is 12.9. The lowest BCUT2D eigenvalue weighted by atomic mass is 10.1. The van der Waals surface area contributed by atoms with Gasteiger partial charge in [0.1, 0.15) is 0 Å². The van der Waals surface area contributed by atoms with Crippen molar-refractivity contribution in [3.8, 4) is 0 Å². The molecule has 0 aliphatic heterocycles. The summed E-state index contributed by atoms with van der Waals surface area (Å²) < 4.78 is 0. The molecular weight excluding hydrogens is 188 g/mol. The molecule has 0 radical (unpaired) electrons. The van der Waals surface area contributed by atoms with Crippen LogP contribution in [0.5, 0.6) is 0 Å². The van der Waals surface area contributed by atoms with Gasteiger partial charge in [0.05, 0.1) is 11.6 Å². The molecule has 1 heterocycles. The zero-order chi connectivity index (χ0) is 10.7. The molecule has 3 heteroatoms. The van der Waals surface area contributed by atoms with Crippen LogP contribution in [0.1, 0.15) is 5.56 Å².